The van der Waals surface area contributed by atoms with Crippen molar-refractivity contribution in [2.45, 2.75) is 24.7 Å². The Morgan fingerprint density at radius 2 is 1.71 bits per heavy atom. The van der Waals surface area contributed by atoms with E-state index >= 15 is 0 Å². The molecule has 0 unspecified atom stereocenters. The Morgan fingerprint density at radius 3 is 2.17 bits per heavy atom. The van der Waals surface area contributed by atoms with Gasteiger partial charge >= 0.3 is 0 Å². The largest absolute Gasteiger partial charge is 0.294 e. The lowest BCUT2D eigenvalue weighted by Crippen LogP contribution is -2.53. The van der Waals surface area contributed by atoms with E-state index in [-0.39, 0.29) is 4.90 Å². The molecule has 8 heteroatoms. The summed E-state index contributed by atoms with van der Waals surface area (Å²) in [7, 11) is -4.02. The maximum absolute atomic E-state index is 10.5. The first kappa shape index (κ1) is 18.8. The molecule has 1 aliphatic rings. The highest BCUT2D eigenvalue weighted by molar-refractivity contribution is 7.85. The molecule has 6 nitrogen and oxygen atoms in total. The lowest BCUT2D eigenvalue weighted by molar-refractivity contribution is 0.346. The number of hydrogen-bond donors (Lipinski definition) is 2. The van der Waals surface area contributed by atoms with E-state index < -0.39 is 10.1 Å². The van der Waals surface area contributed by atoms with Crippen molar-refractivity contribution in [1.29, 1.82) is 0 Å². The molecule has 0 radical (unpaired) electrons. The van der Waals surface area contributed by atoms with E-state index in [1.165, 1.54) is 25.0 Å². The Labute approximate surface area is 147 Å². The Morgan fingerprint density at radius 1 is 1.12 bits per heavy atom. The molecule has 1 saturated heterocycles. The zero-order valence-corrected chi connectivity index (χ0v) is 15.0. The summed E-state index contributed by atoms with van der Waals surface area (Å²) in [5, 5.41) is 0.523. The molecule has 0 bridgehead atoms. The van der Waals surface area contributed by atoms with Crippen LogP contribution in [-0.2, 0) is 10.1 Å². The second kappa shape index (κ2) is 7.58. The summed E-state index contributed by atoms with van der Waals surface area (Å²) in [6.07, 6.45) is 4.16. The fourth-order valence-electron chi connectivity index (χ4n) is 2.50. The van der Waals surface area contributed by atoms with E-state index in [1.807, 2.05) is 13.0 Å². The van der Waals surface area contributed by atoms with Crippen molar-refractivity contribution in [3.05, 3.63) is 53.3 Å². The van der Waals surface area contributed by atoms with Crippen molar-refractivity contribution in [1.82, 2.24) is 9.58 Å². The standard InChI is InChI=1S/C9H13ClN3.C7H8O3S/c10-9-4-3-8(7-12-9)13(11)5-1-2-6-13;1-6-2-4-7(5-3-6)11(8,9)10/h3-4,7H,1-2,5-6,11H2;2-5H,1H3,(H,8,9,10)/q+1;. The van der Waals surface area contributed by atoms with E-state index in [1.54, 1.807) is 24.4 Å². The smallest absolute Gasteiger partial charge is 0.282 e. The Kier molecular flexibility index (Phi) is 5.95. The molecule has 3 N–H and O–H groups in total. The lowest BCUT2D eigenvalue weighted by Gasteiger charge is -2.26. The van der Waals surface area contributed by atoms with Gasteiger partial charge in [-0.3, -0.25) is 4.55 Å². The number of halogens is 1. The third kappa shape index (κ3) is 4.99. The quantitative estimate of drug-likeness (QED) is 0.367. The second-order valence-electron chi connectivity index (χ2n) is 5.82. The highest BCUT2D eigenvalue weighted by Gasteiger charge is 2.31. The predicted octanol–water partition coefficient (Wildman–Crippen LogP) is 2.95. The van der Waals surface area contributed by atoms with Gasteiger partial charge in [0.05, 0.1) is 11.1 Å². The number of benzene rings is 1. The first-order valence-electron chi connectivity index (χ1n) is 7.53. The van der Waals surface area contributed by atoms with Gasteiger partial charge in [0, 0.05) is 18.9 Å². The van der Waals surface area contributed by atoms with Crippen molar-refractivity contribution < 1.29 is 13.0 Å². The summed E-state index contributed by atoms with van der Waals surface area (Å²) in [6.45, 7) is 3.85. The summed E-state index contributed by atoms with van der Waals surface area (Å²) < 4.78 is 30.1. The van der Waals surface area contributed by atoms with Crippen LogP contribution < -0.4 is 10.4 Å². The molecule has 2 aromatic rings. The highest BCUT2D eigenvalue weighted by atomic mass is 35.5. The molecule has 1 aromatic carbocycles. The number of nitrogens with two attached hydrogens (primary N) is 1. The average Bonchev–Trinajstić information content (AvgIpc) is 2.96. The van der Waals surface area contributed by atoms with Crippen LogP contribution in [-0.4, -0.2) is 31.0 Å². The van der Waals surface area contributed by atoms with Gasteiger partial charge in [-0.15, -0.1) is 0 Å². The van der Waals surface area contributed by atoms with Gasteiger partial charge < -0.3 is 0 Å². The van der Waals surface area contributed by atoms with E-state index in [0.717, 1.165) is 24.3 Å². The number of aryl methyl sites for hydroxylation is 1. The third-order valence-corrected chi connectivity index (χ3v) is 5.00. The molecule has 0 aliphatic carbocycles. The Bertz CT molecular complexity index is 771. The van der Waals surface area contributed by atoms with E-state index in [0.29, 0.717) is 9.75 Å². The van der Waals surface area contributed by atoms with Gasteiger partial charge in [0.2, 0.25) is 0 Å². The zero-order valence-electron chi connectivity index (χ0n) is 13.4. The minimum atomic E-state index is -4.02. The van der Waals surface area contributed by atoms with Crippen LogP contribution in [0.25, 0.3) is 0 Å². The maximum atomic E-state index is 10.5. The van der Waals surface area contributed by atoms with Crippen molar-refractivity contribution in [2.24, 2.45) is 5.84 Å². The second-order valence-corrected chi connectivity index (χ2v) is 7.62. The predicted molar refractivity (Wildman–Crippen MR) is 95.2 cm³/mol. The minimum Gasteiger partial charge on any atom is -0.282 e. The van der Waals surface area contributed by atoms with Crippen LogP contribution in [0.5, 0.6) is 0 Å². The lowest BCUT2D eigenvalue weighted by atomic mass is 10.2. The van der Waals surface area contributed by atoms with Gasteiger partial charge in [-0.2, -0.15) is 14.3 Å². The monoisotopic (exact) mass is 370 g/mol. The van der Waals surface area contributed by atoms with Crippen molar-refractivity contribution >= 4 is 27.4 Å². The Balaban J connectivity index is 0.000000177. The van der Waals surface area contributed by atoms with Gasteiger partial charge in [0.15, 0.2) is 5.69 Å². The van der Waals surface area contributed by atoms with Gasteiger partial charge in [0.25, 0.3) is 10.1 Å². The van der Waals surface area contributed by atoms with Gasteiger partial charge in [0.1, 0.15) is 18.2 Å². The first-order valence-corrected chi connectivity index (χ1v) is 9.34. The molecule has 24 heavy (non-hydrogen) atoms. The van der Waals surface area contributed by atoms with Gasteiger partial charge in [-0.1, -0.05) is 29.3 Å². The Hall–Kier alpha value is -1.51. The van der Waals surface area contributed by atoms with Gasteiger partial charge in [-0.25, -0.2) is 9.58 Å². The molecule has 2 heterocycles. The van der Waals surface area contributed by atoms with Crippen LogP contribution in [0.4, 0.5) is 5.69 Å². The molecule has 1 aromatic heterocycles. The minimum absolute atomic E-state index is 0.0666. The van der Waals surface area contributed by atoms with Crippen LogP contribution in [0.2, 0.25) is 5.15 Å². The van der Waals surface area contributed by atoms with E-state index in [4.69, 9.17) is 22.0 Å². The molecular weight excluding hydrogens is 350 g/mol. The molecule has 0 atom stereocenters. The number of aromatic nitrogens is 1. The molecular formula is C16H21ClN3O3S+. The van der Waals surface area contributed by atoms with E-state index in [9.17, 15) is 8.42 Å². The molecule has 0 saturated carbocycles. The average molecular weight is 371 g/mol. The molecule has 1 aliphatic heterocycles. The number of rotatable bonds is 2. The summed E-state index contributed by atoms with van der Waals surface area (Å²) in [5.41, 5.74) is 2.01. The molecule has 130 valence electrons. The van der Waals surface area contributed by atoms with Crippen LogP contribution in [0.3, 0.4) is 0 Å². The third-order valence-electron chi connectivity index (χ3n) is 3.91. The van der Waals surface area contributed by atoms with Crippen LogP contribution in [0.1, 0.15) is 18.4 Å². The summed E-state index contributed by atoms with van der Waals surface area (Å²) in [4.78, 5) is 3.97. The van der Waals surface area contributed by atoms with Crippen molar-refractivity contribution in [2.75, 3.05) is 13.1 Å². The maximum Gasteiger partial charge on any atom is 0.294 e. The fraction of sp³-hybridized carbons (Fsp3) is 0.312. The summed E-state index contributed by atoms with van der Waals surface area (Å²) >= 11 is 5.70. The van der Waals surface area contributed by atoms with Gasteiger partial charge in [-0.05, 0) is 25.1 Å². The summed E-state index contributed by atoms with van der Waals surface area (Å²) in [6, 6.07) is 9.74. The van der Waals surface area contributed by atoms with Crippen LogP contribution >= 0.6 is 11.6 Å². The molecule has 3 rings (SSSR count). The molecule has 0 amide bonds. The van der Waals surface area contributed by atoms with Crippen LogP contribution in [0.15, 0.2) is 47.5 Å². The number of hydrogen-bond acceptors (Lipinski definition) is 4. The first-order chi connectivity index (χ1) is 11.2. The number of nitrogens with zero attached hydrogens (tertiary/aromatic N) is 2. The van der Waals surface area contributed by atoms with Crippen molar-refractivity contribution in [3.63, 3.8) is 0 Å². The highest BCUT2D eigenvalue weighted by Crippen LogP contribution is 2.24. The van der Waals surface area contributed by atoms with Crippen LogP contribution in [0, 0.1) is 6.92 Å². The van der Waals surface area contributed by atoms with Crippen molar-refractivity contribution in [3.8, 4) is 0 Å². The normalized spacial score (nSPS) is 16.3. The molecule has 1 fully saturated rings. The SMILES string of the molecule is Cc1ccc(S(=O)(=O)O)cc1.N[N+]1(c2ccc(Cl)nc2)CCCC1. The zero-order chi connectivity index (χ0) is 17.8. The number of pyridine rings is 1. The number of quaternary nitrogens is 1. The fourth-order valence-corrected chi connectivity index (χ4v) is 3.09. The molecule has 0 spiro atoms. The topological polar surface area (TPSA) is 93.3 Å². The van der Waals surface area contributed by atoms with E-state index in [2.05, 4.69) is 4.98 Å². The summed E-state index contributed by atoms with van der Waals surface area (Å²) in [5.74, 6) is 6.18.